The summed E-state index contributed by atoms with van der Waals surface area (Å²) in [6.45, 7) is 9.40. The summed E-state index contributed by atoms with van der Waals surface area (Å²) in [6, 6.07) is 22.4. The van der Waals surface area contributed by atoms with Crippen LogP contribution in [-0.2, 0) is 17.4 Å². The second kappa shape index (κ2) is 9.45. The Bertz CT molecular complexity index is 961. The lowest BCUT2D eigenvalue weighted by Crippen LogP contribution is -2.17. The van der Waals surface area contributed by atoms with Crippen LogP contribution in [0.2, 0.25) is 0 Å². The second-order valence-electron chi connectivity index (χ2n) is 6.74. The van der Waals surface area contributed by atoms with Gasteiger partial charge in [0.1, 0.15) is 11.5 Å². The Morgan fingerprint density at radius 1 is 0.759 bits per heavy atom. The van der Waals surface area contributed by atoms with Crippen molar-refractivity contribution >= 4 is 12.9 Å². The van der Waals surface area contributed by atoms with Gasteiger partial charge < -0.3 is 9.05 Å². The first-order valence-electron chi connectivity index (χ1n) is 9.49. The van der Waals surface area contributed by atoms with Crippen LogP contribution in [0.5, 0.6) is 11.5 Å². The van der Waals surface area contributed by atoms with Crippen LogP contribution in [0.25, 0.3) is 0 Å². The number of hydrogen-bond acceptors (Lipinski definition) is 3. The number of rotatable bonds is 9. The van der Waals surface area contributed by atoms with Gasteiger partial charge >= 0.3 is 7.60 Å². The average molecular weight is 404 g/mol. The van der Waals surface area contributed by atoms with E-state index in [1.165, 1.54) is 0 Å². The molecule has 0 amide bonds. The Balaban J connectivity index is 1.93. The lowest BCUT2D eigenvalue weighted by Gasteiger charge is -2.22. The second-order valence-corrected chi connectivity index (χ2v) is 8.58. The van der Waals surface area contributed by atoms with E-state index in [4.69, 9.17) is 9.05 Å². The van der Waals surface area contributed by atoms with Crippen LogP contribution < -0.4 is 14.4 Å². The van der Waals surface area contributed by atoms with Gasteiger partial charge in [-0.2, -0.15) is 0 Å². The fourth-order valence-corrected chi connectivity index (χ4v) is 4.78. The van der Waals surface area contributed by atoms with E-state index in [1.54, 1.807) is 30.3 Å². The molecule has 3 aromatic carbocycles. The van der Waals surface area contributed by atoms with Gasteiger partial charge in [0.15, 0.2) is 0 Å². The molecule has 4 heteroatoms. The van der Waals surface area contributed by atoms with Crippen LogP contribution in [-0.4, -0.2) is 0 Å². The lowest BCUT2D eigenvalue weighted by molar-refractivity contribution is 0.399. The van der Waals surface area contributed by atoms with Crippen molar-refractivity contribution in [2.24, 2.45) is 0 Å². The zero-order valence-electron chi connectivity index (χ0n) is 16.6. The molecule has 0 N–H and O–H groups in total. The molecular weight excluding hydrogens is 379 g/mol. The van der Waals surface area contributed by atoms with Crippen molar-refractivity contribution in [3.8, 4) is 11.5 Å². The molecule has 3 nitrogen and oxygen atoms in total. The van der Waals surface area contributed by atoms with Gasteiger partial charge in [0, 0.05) is 0 Å². The normalized spacial score (nSPS) is 10.9. The SMILES string of the molecule is C=CCc1ccc(OP(=O)(Oc2ccc(CC=C)cc2)c2ccccc2C)cc1. The molecule has 0 heterocycles. The maximum atomic E-state index is 13.9. The van der Waals surface area contributed by atoms with Crippen LogP contribution in [0.3, 0.4) is 0 Å². The maximum absolute atomic E-state index is 13.9. The van der Waals surface area contributed by atoms with Crippen molar-refractivity contribution < 1.29 is 13.6 Å². The van der Waals surface area contributed by atoms with Gasteiger partial charge in [0.05, 0.1) is 5.30 Å². The van der Waals surface area contributed by atoms with Crippen molar-refractivity contribution in [3.05, 3.63) is 115 Å². The Morgan fingerprint density at radius 2 is 1.21 bits per heavy atom. The van der Waals surface area contributed by atoms with Gasteiger partial charge in [-0.05, 0) is 66.8 Å². The van der Waals surface area contributed by atoms with Crippen molar-refractivity contribution in [2.75, 3.05) is 0 Å². The minimum absolute atomic E-state index is 0.493. The molecule has 0 aromatic heterocycles. The molecule has 29 heavy (non-hydrogen) atoms. The van der Waals surface area contributed by atoms with E-state index in [-0.39, 0.29) is 0 Å². The Kier molecular flexibility index (Phi) is 6.74. The summed E-state index contributed by atoms with van der Waals surface area (Å²) < 4.78 is 25.9. The van der Waals surface area contributed by atoms with E-state index < -0.39 is 7.60 Å². The van der Waals surface area contributed by atoms with Gasteiger partial charge in [0.25, 0.3) is 0 Å². The highest BCUT2D eigenvalue weighted by Crippen LogP contribution is 2.48. The van der Waals surface area contributed by atoms with E-state index in [2.05, 4.69) is 13.2 Å². The summed E-state index contributed by atoms with van der Waals surface area (Å²) in [5.74, 6) is 0.986. The summed E-state index contributed by atoms with van der Waals surface area (Å²) in [5.41, 5.74) is 3.07. The molecule has 0 aliphatic carbocycles. The lowest BCUT2D eigenvalue weighted by atomic mass is 10.1. The largest absolute Gasteiger partial charge is 0.463 e. The van der Waals surface area contributed by atoms with Crippen molar-refractivity contribution in [2.45, 2.75) is 19.8 Å². The van der Waals surface area contributed by atoms with Crippen molar-refractivity contribution in [3.63, 3.8) is 0 Å². The number of benzene rings is 3. The van der Waals surface area contributed by atoms with Crippen molar-refractivity contribution in [1.29, 1.82) is 0 Å². The summed E-state index contributed by atoms with van der Waals surface area (Å²) >= 11 is 0. The first-order chi connectivity index (χ1) is 14.0. The van der Waals surface area contributed by atoms with Crippen LogP contribution in [0.4, 0.5) is 0 Å². The monoisotopic (exact) mass is 404 g/mol. The first kappa shape index (κ1) is 20.7. The number of hydrogen-bond donors (Lipinski definition) is 0. The molecule has 0 saturated heterocycles. The standard InChI is InChI=1S/C25H25O3P/c1-4-8-21-12-16-23(17-13-21)27-29(26,25-11-7-6-10-20(25)3)28-24-18-14-22(9-5-2)15-19-24/h4-7,10-19H,1-2,8-9H2,3H3. The minimum atomic E-state index is -3.65. The van der Waals surface area contributed by atoms with E-state index in [0.29, 0.717) is 16.8 Å². The molecule has 0 bridgehead atoms. The third kappa shape index (κ3) is 5.28. The van der Waals surface area contributed by atoms with E-state index in [1.807, 2.05) is 61.5 Å². The quantitative estimate of drug-likeness (QED) is 0.305. The fraction of sp³-hybridized carbons (Fsp3) is 0.120. The van der Waals surface area contributed by atoms with Crippen LogP contribution in [0.1, 0.15) is 16.7 Å². The maximum Gasteiger partial charge on any atom is 0.463 e. The summed E-state index contributed by atoms with van der Waals surface area (Å²) in [6.07, 6.45) is 5.22. The summed E-state index contributed by atoms with van der Waals surface area (Å²) in [4.78, 5) is 0. The van der Waals surface area contributed by atoms with Gasteiger partial charge in [-0.25, -0.2) is 4.57 Å². The van der Waals surface area contributed by atoms with Gasteiger partial charge in [-0.15, -0.1) is 13.2 Å². The summed E-state index contributed by atoms with van der Waals surface area (Å²) in [5, 5.41) is 0.547. The third-order valence-corrected chi connectivity index (χ3v) is 6.46. The number of aryl methyl sites for hydroxylation is 1. The first-order valence-corrected chi connectivity index (χ1v) is 11.0. The molecule has 0 saturated carbocycles. The molecule has 0 spiro atoms. The molecule has 0 radical (unpaired) electrons. The van der Waals surface area contributed by atoms with Crippen molar-refractivity contribution in [1.82, 2.24) is 0 Å². The Morgan fingerprint density at radius 3 is 1.62 bits per heavy atom. The molecule has 0 fully saturated rings. The molecule has 0 aliphatic rings. The van der Waals surface area contributed by atoms with Gasteiger partial charge in [-0.1, -0.05) is 54.6 Å². The molecule has 3 aromatic rings. The molecular formula is C25H25O3P. The van der Waals surface area contributed by atoms with E-state index in [0.717, 1.165) is 29.5 Å². The molecule has 3 rings (SSSR count). The van der Waals surface area contributed by atoms with Gasteiger partial charge in [-0.3, -0.25) is 0 Å². The Labute approximate surface area is 172 Å². The minimum Gasteiger partial charge on any atom is -0.413 e. The number of allylic oxidation sites excluding steroid dienone is 2. The zero-order valence-corrected chi connectivity index (χ0v) is 17.5. The van der Waals surface area contributed by atoms with Crippen LogP contribution in [0, 0.1) is 6.92 Å². The molecule has 148 valence electrons. The zero-order chi connectivity index (χ0) is 20.7. The highest BCUT2D eigenvalue weighted by molar-refractivity contribution is 7.63. The highest BCUT2D eigenvalue weighted by atomic mass is 31.2. The molecule has 0 aliphatic heterocycles. The van der Waals surface area contributed by atoms with E-state index >= 15 is 0 Å². The third-order valence-electron chi connectivity index (χ3n) is 4.47. The van der Waals surface area contributed by atoms with Gasteiger partial charge in [0.2, 0.25) is 0 Å². The van der Waals surface area contributed by atoms with Crippen LogP contribution in [0.15, 0.2) is 98.1 Å². The topological polar surface area (TPSA) is 35.5 Å². The van der Waals surface area contributed by atoms with E-state index in [9.17, 15) is 4.57 Å². The average Bonchev–Trinajstić information content (AvgIpc) is 2.72. The van der Waals surface area contributed by atoms with Crippen LogP contribution >= 0.6 is 7.60 Å². The predicted molar refractivity (Wildman–Crippen MR) is 120 cm³/mol. The fourth-order valence-electron chi connectivity index (χ4n) is 2.97. The smallest absolute Gasteiger partial charge is 0.413 e. The highest BCUT2D eigenvalue weighted by Gasteiger charge is 2.33. The summed E-state index contributed by atoms with van der Waals surface area (Å²) in [7, 11) is -3.65. The molecule has 0 atom stereocenters. The molecule has 0 unspecified atom stereocenters. The predicted octanol–water partition coefficient (Wildman–Crippen LogP) is 6.43. The Hall–Kier alpha value is -3.03.